The van der Waals surface area contributed by atoms with Crippen molar-refractivity contribution >= 4 is 0 Å². The van der Waals surface area contributed by atoms with Gasteiger partial charge in [0.15, 0.2) is 0 Å². The number of rotatable bonds is 1. The Bertz CT molecular complexity index is 253. The molecule has 0 aromatic rings. The lowest BCUT2D eigenvalue weighted by molar-refractivity contribution is -0.189. The third-order valence-electron chi connectivity index (χ3n) is 5.11. The van der Waals surface area contributed by atoms with Gasteiger partial charge >= 0.3 is 0 Å². The standard InChI is InChI=1S/C14H25NO/c1-13(12-6-2-3-7-12)10-15-11-14(16-13)8-4-5-9-14/h12,15H,2-11H2,1H3. The number of ether oxygens (including phenoxy) is 1. The second-order valence-corrected chi connectivity index (χ2v) is 6.39. The van der Waals surface area contributed by atoms with E-state index in [1.165, 1.54) is 51.4 Å². The van der Waals surface area contributed by atoms with E-state index in [-0.39, 0.29) is 11.2 Å². The zero-order chi connectivity index (χ0) is 11.1. The molecule has 3 fully saturated rings. The third-order valence-corrected chi connectivity index (χ3v) is 5.11. The predicted molar refractivity (Wildman–Crippen MR) is 65.5 cm³/mol. The molecule has 0 aromatic heterocycles. The van der Waals surface area contributed by atoms with Crippen LogP contribution in [0.3, 0.4) is 0 Å². The van der Waals surface area contributed by atoms with Gasteiger partial charge < -0.3 is 10.1 Å². The van der Waals surface area contributed by atoms with Crippen LogP contribution in [0, 0.1) is 5.92 Å². The summed E-state index contributed by atoms with van der Waals surface area (Å²) in [7, 11) is 0. The lowest BCUT2D eigenvalue weighted by Gasteiger charge is -2.48. The van der Waals surface area contributed by atoms with E-state index in [0.717, 1.165) is 19.0 Å². The van der Waals surface area contributed by atoms with E-state index in [1.807, 2.05) is 0 Å². The maximum atomic E-state index is 6.64. The Morgan fingerprint density at radius 3 is 2.38 bits per heavy atom. The molecule has 1 atom stereocenters. The molecule has 2 aliphatic carbocycles. The molecule has 1 spiro atoms. The smallest absolute Gasteiger partial charge is 0.0814 e. The lowest BCUT2D eigenvalue weighted by atomic mass is 9.84. The highest BCUT2D eigenvalue weighted by Crippen LogP contribution is 2.44. The molecule has 2 nitrogen and oxygen atoms in total. The zero-order valence-electron chi connectivity index (χ0n) is 10.6. The molecule has 1 aliphatic heterocycles. The number of morpholine rings is 1. The minimum Gasteiger partial charge on any atom is -0.366 e. The van der Waals surface area contributed by atoms with Crippen molar-refractivity contribution in [2.75, 3.05) is 13.1 Å². The molecule has 1 heterocycles. The molecule has 0 bridgehead atoms. The fourth-order valence-corrected chi connectivity index (χ4v) is 4.17. The first-order valence-corrected chi connectivity index (χ1v) is 7.13. The van der Waals surface area contributed by atoms with Crippen molar-refractivity contribution in [3.8, 4) is 0 Å². The molecule has 3 rings (SSSR count). The first kappa shape index (κ1) is 11.0. The molecule has 92 valence electrons. The van der Waals surface area contributed by atoms with Crippen LogP contribution in [-0.4, -0.2) is 24.3 Å². The number of nitrogens with one attached hydrogen (secondary N) is 1. The van der Waals surface area contributed by atoms with Gasteiger partial charge in [-0.05, 0) is 38.5 Å². The van der Waals surface area contributed by atoms with Crippen LogP contribution in [0.1, 0.15) is 58.3 Å². The molecule has 1 N–H and O–H groups in total. The van der Waals surface area contributed by atoms with Crippen molar-refractivity contribution in [1.82, 2.24) is 5.32 Å². The van der Waals surface area contributed by atoms with Gasteiger partial charge in [0.25, 0.3) is 0 Å². The minimum atomic E-state index is 0.124. The average Bonchev–Trinajstić information content (AvgIpc) is 2.89. The van der Waals surface area contributed by atoms with E-state index in [2.05, 4.69) is 12.2 Å². The van der Waals surface area contributed by atoms with Crippen LogP contribution < -0.4 is 5.32 Å². The summed E-state index contributed by atoms with van der Waals surface area (Å²) in [5.41, 5.74) is 0.328. The van der Waals surface area contributed by atoms with E-state index >= 15 is 0 Å². The highest BCUT2D eigenvalue weighted by molar-refractivity contribution is 5.00. The van der Waals surface area contributed by atoms with Crippen LogP contribution >= 0.6 is 0 Å². The van der Waals surface area contributed by atoms with Crippen molar-refractivity contribution in [2.24, 2.45) is 5.92 Å². The summed E-state index contributed by atoms with van der Waals surface area (Å²) < 4.78 is 6.64. The molecule has 16 heavy (non-hydrogen) atoms. The predicted octanol–water partition coefficient (Wildman–Crippen LogP) is 2.87. The highest BCUT2D eigenvalue weighted by Gasteiger charge is 2.48. The maximum absolute atomic E-state index is 6.64. The normalized spacial score (nSPS) is 39.6. The Labute approximate surface area is 99.1 Å². The first-order valence-electron chi connectivity index (χ1n) is 7.13. The summed E-state index contributed by atoms with van der Waals surface area (Å²) in [4.78, 5) is 0. The van der Waals surface area contributed by atoms with E-state index in [1.54, 1.807) is 0 Å². The van der Waals surface area contributed by atoms with Gasteiger partial charge in [0.1, 0.15) is 0 Å². The fraction of sp³-hybridized carbons (Fsp3) is 1.00. The van der Waals surface area contributed by atoms with E-state index < -0.39 is 0 Å². The highest BCUT2D eigenvalue weighted by atomic mass is 16.5. The molecule has 1 saturated heterocycles. The first-order chi connectivity index (χ1) is 7.73. The molecule has 3 aliphatic rings. The van der Waals surface area contributed by atoms with Crippen LogP contribution in [0.5, 0.6) is 0 Å². The van der Waals surface area contributed by atoms with Crippen molar-refractivity contribution < 1.29 is 4.74 Å². The quantitative estimate of drug-likeness (QED) is 0.738. The van der Waals surface area contributed by atoms with Crippen molar-refractivity contribution in [2.45, 2.75) is 69.5 Å². The fourth-order valence-electron chi connectivity index (χ4n) is 4.17. The monoisotopic (exact) mass is 223 g/mol. The molecular formula is C14H25NO. The largest absolute Gasteiger partial charge is 0.366 e. The topological polar surface area (TPSA) is 21.3 Å². The minimum absolute atomic E-state index is 0.124. The average molecular weight is 223 g/mol. The van der Waals surface area contributed by atoms with Gasteiger partial charge in [-0.15, -0.1) is 0 Å². The van der Waals surface area contributed by atoms with Crippen LogP contribution in [-0.2, 0) is 4.74 Å². The summed E-state index contributed by atoms with van der Waals surface area (Å²) in [5, 5.41) is 3.66. The molecule has 2 saturated carbocycles. The molecular weight excluding hydrogens is 198 g/mol. The number of hydrogen-bond acceptors (Lipinski definition) is 2. The van der Waals surface area contributed by atoms with Crippen molar-refractivity contribution in [3.05, 3.63) is 0 Å². The summed E-state index contributed by atoms with van der Waals surface area (Å²) in [6.07, 6.45) is 10.9. The zero-order valence-corrected chi connectivity index (χ0v) is 10.6. The SMILES string of the molecule is CC1(C2CCCC2)CNCC2(CCCC2)O1. The summed E-state index contributed by atoms with van der Waals surface area (Å²) >= 11 is 0. The molecule has 0 aromatic carbocycles. The Morgan fingerprint density at radius 2 is 1.69 bits per heavy atom. The third kappa shape index (κ3) is 1.80. The molecule has 0 amide bonds. The van der Waals surface area contributed by atoms with E-state index in [0.29, 0.717) is 0 Å². The summed E-state index contributed by atoms with van der Waals surface area (Å²) in [5.74, 6) is 0.803. The second kappa shape index (κ2) is 3.99. The van der Waals surface area contributed by atoms with Gasteiger partial charge in [-0.1, -0.05) is 25.7 Å². The summed E-state index contributed by atoms with van der Waals surface area (Å²) in [6, 6.07) is 0. The van der Waals surface area contributed by atoms with Gasteiger partial charge in [0.2, 0.25) is 0 Å². The van der Waals surface area contributed by atoms with Crippen LogP contribution in [0.2, 0.25) is 0 Å². The van der Waals surface area contributed by atoms with E-state index in [9.17, 15) is 0 Å². The Kier molecular flexibility index (Phi) is 2.75. The van der Waals surface area contributed by atoms with Crippen LogP contribution in [0.25, 0.3) is 0 Å². The van der Waals surface area contributed by atoms with Gasteiger partial charge in [-0.25, -0.2) is 0 Å². The van der Waals surface area contributed by atoms with Gasteiger partial charge in [0.05, 0.1) is 11.2 Å². The second-order valence-electron chi connectivity index (χ2n) is 6.39. The Hall–Kier alpha value is -0.0800. The van der Waals surface area contributed by atoms with E-state index in [4.69, 9.17) is 4.74 Å². The van der Waals surface area contributed by atoms with Crippen molar-refractivity contribution in [3.63, 3.8) is 0 Å². The summed E-state index contributed by atoms with van der Waals surface area (Å²) in [6.45, 7) is 4.52. The molecule has 0 radical (unpaired) electrons. The Morgan fingerprint density at radius 1 is 1.00 bits per heavy atom. The number of hydrogen-bond donors (Lipinski definition) is 1. The Balaban J connectivity index is 1.74. The van der Waals surface area contributed by atoms with Gasteiger partial charge in [-0.3, -0.25) is 0 Å². The van der Waals surface area contributed by atoms with Gasteiger partial charge in [-0.2, -0.15) is 0 Å². The van der Waals surface area contributed by atoms with Crippen LogP contribution in [0.15, 0.2) is 0 Å². The maximum Gasteiger partial charge on any atom is 0.0814 e. The van der Waals surface area contributed by atoms with Gasteiger partial charge in [0, 0.05) is 13.1 Å². The van der Waals surface area contributed by atoms with Crippen LogP contribution in [0.4, 0.5) is 0 Å². The molecule has 2 heteroatoms. The molecule has 1 unspecified atom stereocenters. The van der Waals surface area contributed by atoms with Crippen molar-refractivity contribution in [1.29, 1.82) is 0 Å². The lowest BCUT2D eigenvalue weighted by Crippen LogP contribution is -2.60.